The molecule has 0 amide bonds. The predicted octanol–water partition coefficient (Wildman–Crippen LogP) is 2.99. The van der Waals surface area contributed by atoms with Gasteiger partial charge in [-0.05, 0) is 12.3 Å². The van der Waals surface area contributed by atoms with Gasteiger partial charge in [-0.2, -0.15) is 17.5 Å². The fourth-order valence-corrected chi connectivity index (χ4v) is 3.17. The minimum Gasteiger partial charge on any atom is -0.360 e. The molecule has 2 aromatic heterocycles. The molecule has 1 N–H and O–H groups in total. The molecule has 3 rings (SSSR count). The molecule has 1 aliphatic heterocycles. The van der Waals surface area contributed by atoms with Gasteiger partial charge >= 0.3 is 6.18 Å². The summed E-state index contributed by atoms with van der Waals surface area (Å²) in [5, 5.41) is 3.99. The van der Waals surface area contributed by atoms with E-state index in [2.05, 4.69) is 19.7 Å². The van der Waals surface area contributed by atoms with Gasteiger partial charge in [0.1, 0.15) is 11.6 Å². The summed E-state index contributed by atoms with van der Waals surface area (Å²) in [6.45, 7) is 3.22. The van der Waals surface area contributed by atoms with Gasteiger partial charge in [0, 0.05) is 43.7 Å². The maximum Gasteiger partial charge on any atom is 0.434 e. The molecule has 0 aliphatic carbocycles. The van der Waals surface area contributed by atoms with Crippen molar-refractivity contribution in [2.45, 2.75) is 38.9 Å². The van der Waals surface area contributed by atoms with E-state index in [4.69, 9.17) is 0 Å². The van der Waals surface area contributed by atoms with Crippen LogP contribution in [0.1, 0.15) is 30.7 Å². The van der Waals surface area contributed by atoms with E-state index in [0.29, 0.717) is 25.3 Å². The zero-order valence-electron chi connectivity index (χ0n) is 12.0. The first-order chi connectivity index (χ1) is 10.5. The SMILES string of the molecule is CCc1nsc(NC[C@H]2CCc3nc(C(F)(F)F)cn3C2)n1. The Balaban J connectivity index is 1.60. The Labute approximate surface area is 129 Å². The molecule has 9 heteroatoms. The summed E-state index contributed by atoms with van der Waals surface area (Å²) in [4.78, 5) is 8.01. The van der Waals surface area contributed by atoms with E-state index in [-0.39, 0.29) is 5.92 Å². The lowest BCUT2D eigenvalue weighted by Gasteiger charge is -2.23. The zero-order valence-corrected chi connectivity index (χ0v) is 12.8. The minimum absolute atomic E-state index is 0.261. The Kier molecular flexibility index (Phi) is 4.07. The topological polar surface area (TPSA) is 55.6 Å². The molecule has 1 aliphatic rings. The van der Waals surface area contributed by atoms with Crippen molar-refractivity contribution in [2.75, 3.05) is 11.9 Å². The van der Waals surface area contributed by atoms with Crippen molar-refractivity contribution in [1.82, 2.24) is 18.9 Å². The summed E-state index contributed by atoms with van der Waals surface area (Å²) in [5.74, 6) is 1.59. The molecule has 0 saturated carbocycles. The summed E-state index contributed by atoms with van der Waals surface area (Å²) < 4.78 is 43.8. The van der Waals surface area contributed by atoms with E-state index >= 15 is 0 Å². The van der Waals surface area contributed by atoms with E-state index in [9.17, 15) is 13.2 Å². The van der Waals surface area contributed by atoms with Crippen LogP contribution in [0.15, 0.2) is 6.20 Å². The number of imidazole rings is 1. The maximum absolute atomic E-state index is 12.7. The molecule has 0 bridgehead atoms. The molecule has 22 heavy (non-hydrogen) atoms. The largest absolute Gasteiger partial charge is 0.434 e. The van der Waals surface area contributed by atoms with Crippen LogP contribution in [0.25, 0.3) is 0 Å². The molecule has 3 heterocycles. The monoisotopic (exact) mass is 331 g/mol. The first-order valence-electron chi connectivity index (χ1n) is 7.15. The standard InChI is InChI=1S/C13H16F3N5S/c1-2-10-19-12(22-20-10)17-5-8-3-4-11-18-9(13(14,15)16)7-21(11)6-8/h7-8H,2-6H2,1H3,(H,17,19,20)/t8-/m1/s1. The van der Waals surface area contributed by atoms with E-state index in [1.54, 1.807) is 4.57 Å². The number of anilines is 1. The average Bonchev–Trinajstić information content (AvgIpc) is 3.10. The molecular formula is C13H16F3N5S. The minimum atomic E-state index is -4.37. The van der Waals surface area contributed by atoms with Crippen molar-refractivity contribution >= 4 is 16.7 Å². The molecule has 2 aromatic rings. The van der Waals surface area contributed by atoms with Crippen LogP contribution in [-0.2, 0) is 25.6 Å². The van der Waals surface area contributed by atoms with Crippen molar-refractivity contribution in [3.05, 3.63) is 23.5 Å². The highest BCUT2D eigenvalue weighted by Gasteiger charge is 2.35. The molecule has 0 unspecified atom stereocenters. The number of alkyl halides is 3. The van der Waals surface area contributed by atoms with E-state index < -0.39 is 11.9 Å². The lowest BCUT2D eigenvalue weighted by Crippen LogP contribution is -2.25. The molecular weight excluding hydrogens is 315 g/mol. The fourth-order valence-electron chi connectivity index (χ4n) is 2.52. The zero-order chi connectivity index (χ0) is 15.7. The number of aromatic nitrogens is 4. The molecule has 0 saturated heterocycles. The summed E-state index contributed by atoms with van der Waals surface area (Å²) in [6, 6.07) is 0. The van der Waals surface area contributed by atoms with Crippen molar-refractivity contribution in [1.29, 1.82) is 0 Å². The smallest absolute Gasteiger partial charge is 0.360 e. The Morgan fingerprint density at radius 1 is 1.41 bits per heavy atom. The number of aryl methyl sites for hydroxylation is 2. The lowest BCUT2D eigenvalue weighted by molar-refractivity contribution is -0.141. The van der Waals surface area contributed by atoms with E-state index in [0.717, 1.165) is 30.0 Å². The summed E-state index contributed by atoms with van der Waals surface area (Å²) in [7, 11) is 0. The third kappa shape index (κ3) is 3.23. The van der Waals surface area contributed by atoms with Crippen LogP contribution in [0.2, 0.25) is 0 Å². The van der Waals surface area contributed by atoms with Crippen molar-refractivity contribution in [3.63, 3.8) is 0 Å². The molecule has 5 nitrogen and oxygen atoms in total. The highest BCUT2D eigenvalue weighted by molar-refractivity contribution is 7.09. The van der Waals surface area contributed by atoms with Crippen LogP contribution < -0.4 is 5.32 Å². The van der Waals surface area contributed by atoms with Gasteiger partial charge in [0.15, 0.2) is 5.69 Å². The molecule has 0 fully saturated rings. The van der Waals surface area contributed by atoms with Gasteiger partial charge in [0.2, 0.25) is 5.13 Å². The van der Waals surface area contributed by atoms with Gasteiger partial charge in [0.25, 0.3) is 0 Å². The van der Waals surface area contributed by atoms with Crippen LogP contribution in [0.3, 0.4) is 0 Å². The van der Waals surface area contributed by atoms with Crippen molar-refractivity contribution in [3.8, 4) is 0 Å². The summed E-state index contributed by atoms with van der Waals surface area (Å²) in [5.41, 5.74) is -0.798. The van der Waals surface area contributed by atoms with Crippen LogP contribution in [0.4, 0.5) is 18.3 Å². The predicted molar refractivity (Wildman–Crippen MR) is 76.8 cm³/mol. The van der Waals surface area contributed by atoms with Gasteiger partial charge in [-0.25, -0.2) is 9.97 Å². The van der Waals surface area contributed by atoms with Gasteiger partial charge in [-0.1, -0.05) is 6.92 Å². The highest BCUT2D eigenvalue weighted by Crippen LogP contribution is 2.30. The van der Waals surface area contributed by atoms with Gasteiger partial charge in [-0.15, -0.1) is 0 Å². The Morgan fingerprint density at radius 2 is 2.23 bits per heavy atom. The van der Waals surface area contributed by atoms with Crippen LogP contribution in [-0.4, -0.2) is 25.5 Å². The molecule has 1 atom stereocenters. The van der Waals surface area contributed by atoms with E-state index in [1.807, 2.05) is 6.92 Å². The first-order valence-corrected chi connectivity index (χ1v) is 7.92. The Hall–Kier alpha value is -1.64. The second-order valence-corrected chi connectivity index (χ2v) is 6.10. The number of nitrogens with zero attached hydrogens (tertiary/aromatic N) is 4. The number of rotatable bonds is 4. The van der Waals surface area contributed by atoms with Crippen molar-refractivity contribution < 1.29 is 13.2 Å². The Bertz CT molecular complexity index is 648. The molecule has 120 valence electrons. The molecule has 0 spiro atoms. The summed E-state index contributed by atoms with van der Waals surface area (Å²) >= 11 is 1.32. The molecule has 0 aromatic carbocycles. The van der Waals surface area contributed by atoms with Crippen LogP contribution in [0.5, 0.6) is 0 Å². The highest BCUT2D eigenvalue weighted by atomic mass is 32.1. The number of hydrogen-bond donors (Lipinski definition) is 1. The third-order valence-corrected chi connectivity index (χ3v) is 4.42. The number of nitrogens with one attached hydrogen (secondary N) is 1. The van der Waals surface area contributed by atoms with E-state index in [1.165, 1.54) is 11.5 Å². The first kappa shape index (κ1) is 15.3. The van der Waals surface area contributed by atoms with Gasteiger partial charge < -0.3 is 9.88 Å². The van der Waals surface area contributed by atoms with Gasteiger partial charge in [-0.3, -0.25) is 0 Å². The second kappa shape index (κ2) is 5.86. The van der Waals surface area contributed by atoms with Gasteiger partial charge in [0.05, 0.1) is 0 Å². The lowest BCUT2D eigenvalue weighted by atomic mass is 9.99. The number of hydrogen-bond acceptors (Lipinski definition) is 5. The maximum atomic E-state index is 12.7. The third-order valence-electron chi connectivity index (χ3n) is 3.71. The number of fused-ring (bicyclic) bond motifs is 1. The second-order valence-electron chi connectivity index (χ2n) is 5.35. The Morgan fingerprint density at radius 3 is 2.91 bits per heavy atom. The van der Waals surface area contributed by atoms with Crippen LogP contribution >= 0.6 is 11.5 Å². The van der Waals surface area contributed by atoms with Crippen LogP contribution in [0, 0.1) is 5.92 Å². The number of halogens is 3. The molecule has 0 radical (unpaired) electrons. The van der Waals surface area contributed by atoms with Crippen molar-refractivity contribution in [2.24, 2.45) is 5.92 Å². The normalized spacial score (nSPS) is 18.3. The average molecular weight is 331 g/mol. The summed E-state index contributed by atoms with van der Waals surface area (Å²) in [6.07, 6.45) is -1.08. The quantitative estimate of drug-likeness (QED) is 0.936. The fraction of sp³-hybridized carbons (Fsp3) is 0.615.